The van der Waals surface area contributed by atoms with Crippen LogP contribution in [0.1, 0.15) is 6.92 Å². The molecule has 0 aromatic carbocycles. The Bertz CT molecular complexity index is 159. The second-order valence-electron chi connectivity index (χ2n) is 2.00. The second-order valence-corrected chi connectivity index (χ2v) is 6.50. The first-order valence-electron chi connectivity index (χ1n) is 3.03. The van der Waals surface area contributed by atoms with E-state index in [0.717, 1.165) is 0 Å². The number of hydrogen-bond donors (Lipinski definition) is 0. The summed E-state index contributed by atoms with van der Waals surface area (Å²) >= 11 is 11.0. The SMILES string of the molecule is C=C(C)C(=O)OCC[Si](Cl)Cl. The van der Waals surface area contributed by atoms with Gasteiger partial charge >= 0.3 is 5.97 Å². The number of esters is 1. The van der Waals surface area contributed by atoms with Crippen LogP contribution in [0, 0.1) is 0 Å². The van der Waals surface area contributed by atoms with Gasteiger partial charge in [-0.2, -0.15) is 0 Å². The van der Waals surface area contributed by atoms with Crippen molar-refractivity contribution < 1.29 is 9.53 Å². The van der Waals surface area contributed by atoms with Crippen molar-refractivity contribution in [3.63, 3.8) is 0 Å². The summed E-state index contributed by atoms with van der Waals surface area (Å²) in [7, 11) is -1.32. The number of hydrogen-bond acceptors (Lipinski definition) is 2. The van der Waals surface area contributed by atoms with Crippen molar-refractivity contribution in [3.05, 3.63) is 12.2 Å². The molecule has 0 aromatic heterocycles. The van der Waals surface area contributed by atoms with E-state index in [1.807, 2.05) is 0 Å². The van der Waals surface area contributed by atoms with E-state index in [9.17, 15) is 4.79 Å². The van der Waals surface area contributed by atoms with E-state index in [1.165, 1.54) is 0 Å². The highest BCUT2D eigenvalue weighted by Gasteiger charge is 2.06. The van der Waals surface area contributed by atoms with E-state index in [0.29, 0.717) is 11.6 Å². The molecule has 0 unspecified atom stereocenters. The molecule has 0 saturated heterocycles. The Labute approximate surface area is 77.1 Å². The van der Waals surface area contributed by atoms with Crippen molar-refractivity contribution in [2.24, 2.45) is 0 Å². The van der Waals surface area contributed by atoms with Gasteiger partial charge in [-0.15, -0.1) is 22.2 Å². The van der Waals surface area contributed by atoms with Crippen molar-refractivity contribution in [2.75, 3.05) is 6.61 Å². The van der Waals surface area contributed by atoms with Crippen LogP contribution >= 0.6 is 22.2 Å². The fourth-order valence-electron chi connectivity index (χ4n) is 0.344. The van der Waals surface area contributed by atoms with Crippen LogP contribution in [0.4, 0.5) is 0 Å². The van der Waals surface area contributed by atoms with Gasteiger partial charge < -0.3 is 4.74 Å². The first kappa shape index (κ1) is 11.0. The van der Waals surface area contributed by atoms with Crippen molar-refractivity contribution >= 4 is 35.5 Å². The first-order valence-corrected chi connectivity index (χ1v) is 6.76. The van der Waals surface area contributed by atoms with Gasteiger partial charge in [-0.05, 0) is 6.92 Å². The highest BCUT2D eigenvalue weighted by molar-refractivity contribution is 7.33. The molecule has 1 radical (unpaired) electrons. The lowest BCUT2D eigenvalue weighted by atomic mass is 10.4. The maximum atomic E-state index is 10.7. The van der Waals surface area contributed by atoms with Crippen LogP contribution < -0.4 is 0 Å². The largest absolute Gasteiger partial charge is 0.463 e. The van der Waals surface area contributed by atoms with Gasteiger partial charge in [-0.3, -0.25) is 0 Å². The minimum atomic E-state index is -1.32. The first-order chi connectivity index (χ1) is 5.04. The number of carbonyl (C=O) groups is 1. The van der Waals surface area contributed by atoms with E-state index < -0.39 is 7.42 Å². The number of carbonyl (C=O) groups excluding carboxylic acids is 1. The zero-order valence-corrected chi connectivity index (χ0v) is 8.71. The predicted octanol–water partition coefficient (Wildman–Crippen LogP) is 2.07. The molecule has 63 valence electrons. The number of rotatable bonds is 4. The molecule has 0 amide bonds. The Morgan fingerprint density at radius 3 is 2.55 bits per heavy atom. The lowest BCUT2D eigenvalue weighted by molar-refractivity contribution is -0.138. The van der Waals surface area contributed by atoms with E-state index in [4.69, 9.17) is 26.9 Å². The van der Waals surface area contributed by atoms with E-state index in [1.54, 1.807) is 6.92 Å². The van der Waals surface area contributed by atoms with Crippen molar-refractivity contribution in [3.8, 4) is 0 Å². The quantitative estimate of drug-likeness (QED) is 0.308. The van der Waals surface area contributed by atoms with Gasteiger partial charge in [0.25, 0.3) is 7.42 Å². The normalized spacial score (nSPS) is 9.82. The third-order valence-corrected chi connectivity index (χ3v) is 2.59. The van der Waals surface area contributed by atoms with E-state index >= 15 is 0 Å². The standard InChI is InChI=1S/C6H9Cl2O2Si/c1-5(2)6(9)10-3-4-11(7)8/h1,3-4H2,2H3. The van der Waals surface area contributed by atoms with Gasteiger partial charge in [0.1, 0.15) is 0 Å². The summed E-state index contributed by atoms with van der Waals surface area (Å²) in [4.78, 5) is 10.7. The smallest absolute Gasteiger partial charge is 0.333 e. The zero-order valence-electron chi connectivity index (χ0n) is 6.19. The van der Waals surface area contributed by atoms with Gasteiger partial charge in [-0.25, -0.2) is 4.79 Å². The Kier molecular flexibility index (Phi) is 5.63. The van der Waals surface area contributed by atoms with Crippen LogP contribution in [0.5, 0.6) is 0 Å². The fraction of sp³-hybridized carbons (Fsp3) is 0.500. The number of ether oxygens (including phenoxy) is 1. The van der Waals surface area contributed by atoms with Gasteiger partial charge in [-0.1, -0.05) is 6.58 Å². The lowest BCUT2D eigenvalue weighted by Gasteiger charge is -2.02. The topological polar surface area (TPSA) is 26.3 Å². The minimum absolute atomic E-state index is 0.285. The zero-order chi connectivity index (χ0) is 8.85. The van der Waals surface area contributed by atoms with E-state index in [-0.39, 0.29) is 12.6 Å². The van der Waals surface area contributed by atoms with Gasteiger partial charge in [0.05, 0.1) is 6.61 Å². The van der Waals surface area contributed by atoms with Crippen molar-refractivity contribution in [1.82, 2.24) is 0 Å². The molecule has 0 bridgehead atoms. The Morgan fingerprint density at radius 1 is 1.64 bits per heavy atom. The molecule has 5 heteroatoms. The van der Waals surface area contributed by atoms with Crippen molar-refractivity contribution in [2.45, 2.75) is 13.0 Å². The summed E-state index contributed by atoms with van der Waals surface area (Å²) in [6.07, 6.45) is 0. The summed E-state index contributed by atoms with van der Waals surface area (Å²) in [6.45, 7) is 5.30. The molecule has 0 saturated carbocycles. The molecule has 0 N–H and O–H groups in total. The third kappa shape index (κ3) is 6.41. The summed E-state index contributed by atoms with van der Waals surface area (Å²) in [6, 6.07) is 0.548. The predicted molar refractivity (Wildman–Crippen MR) is 48.0 cm³/mol. The number of halogens is 2. The molecular formula is C6H9Cl2O2Si. The maximum absolute atomic E-state index is 10.7. The summed E-state index contributed by atoms with van der Waals surface area (Å²) in [5, 5.41) is 0. The monoisotopic (exact) mass is 211 g/mol. The van der Waals surface area contributed by atoms with Crippen LogP contribution in [0.3, 0.4) is 0 Å². The fourth-order valence-corrected chi connectivity index (χ4v) is 1.06. The van der Waals surface area contributed by atoms with Crippen LogP contribution in [-0.2, 0) is 9.53 Å². The van der Waals surface area contributed by atoms with Gasteiger partial charge in [0.2, 0.25) is 0 Å². The average Bonchev–Trinajstić information content (AvgIpc) is 1.86. The molecule has 0 aromatic rings. The van der Waals surface area contributed by atoms with Crippen LogP contribution in [0.15, 0.2) is 12.2 Å². The Hall–Kier alpha value is 0.00688. The lowest BCUT2D eigenvalue weighted by Crippen LogP contribution is -2.08. The highest BCUT2D eigenvalue weighted by Crippen LogP contribution is 2.03. The molecule has 0 aliphatic rings. The Balaban J connectivity index is 3.40. The highest BCUT2D eigenvalue weighted by atomic mass is 35.7. The minimum Gasteiger partial charge on any atom is -0.463 e. The third-order valence-electron chi connectivity index (χ3n) is 0.873. The van der Waals surface area contributed by atoms with Gasteiger partial charge in [0.15, 0.2) is 0 Å². The van der Waals surface area contributed by atoms with Crippen molar-refractivity contribution in [1.29, 1.82) is 0 Å². The second kappa shape index (κ2) is 5.63. The molecule has 2 nitrogen and oxygen atoms in total. The molecule has 0 aliphatic carbocycles. The molecule has 0 heterocycles. The maximum Gasteiger partial charge on any atom is 0.333 e. The van der Waals surface area contributed by atoms with Crippen LogP contribution in [0.2, 0.25) is 6.04 Å². The molecule has 0 rings (SSSR count). The summed E-state index contributed by atoms with van der Waals surface area (Å²) in [5.74, 6) is -0.387. The van der Waals surface area contributed by atoms with Crippen LogP contribution in [0.25, 0.3) is 0 Å². The molecule has 0 atom stereocenters. The van der Waals surface area contributed by atoms with Gasteiger partial charge in [0, 0.05) is 11.6 Å². The molecular weight excluding hydrogens is 203 g/mol. The molecule has 11 heavy (non-hydrogen) atoms. The van der Waals surface area contributed by atoms with E-state index in [2.05, 4.69) is 6.58 Å². The molecule has 0 fully saturated rings. The average molecular weight is 212 g/mol. The molecule has 0 spiro atoms. The summed E-state index contributed by atoms with van der Waals surface area (Å²) < 4.78 is 4.73. The Morgan fingerprint density at radius 2 is 2.18 bits per heavy atom. The molecule has 0 aliphatic heterocycles. The summed E-state index contributed by atoms with van der Waals surface area (Å²) in [5.41, 5.74) is 0.392. The van der Waals surface area contributed by atoms with Crippen LogP contribution in [-0.4, -0.2) is 20.0 Å².